The summed E-state index contributed by atoms with van der Waals surface area (Å²) in [6.45, 7) is 0.354. The van der Waals surface area contributed by atoms with Crippen molar-refractivity contribution in [3.8, 4) is 16.9 Å². The number of carboxylic acids is 1. The van der Waals surface area contributed by atoms with Crippen LogP contribution in [0, 0.1) is 0 Å². The van der Waals surface area contributed by atoms with Crippen molar-refractivity contribution < 1.29 is 24.2 Å². The molecule has 0 unspecified atom stereocenters. The van der Waals surface area contributed by atoms with Crippen LogP contribution in [0.1, 0.15) is 27.0 Å². The Hall–Kier alpha value is -3.44. The van der Waals surface area contributed by atoms with Gasteiger partial charge >= 0.3 is 5.97 Å². The second kappa shape index (κ2) is 7.89. The van der Waals surface area contributed by atoms with Gasteiger partial charge in [0.15, 0.2) is 11.9 Å². The molecule has 5 heteroatoms. The number of ketones is 1. The highest BCUT2D eigenvalue weighted by Gasteiger charge is 2.26. The van der Waals surface area contributed by atoms with Crippen LogP contribution in [0.25, 0.3) is 11.1 Å². The zero-order chi connectivity index (χ0) is 20.4. The van der Waals surface area contributed by atoms with E-state index in [0.29, 0.717) is 24.3 Å². The fourth-order valence-corrected chi connectivity index (χ4v) is 3.52. The van der Waals surface area contributed by atoms with Gasteiger partial charge in [-0.05, 0) is 40.5 Å². The maximum Gasteiger partial charge on any atom is 0.333 e. The molecule has 0 amide bonds. The number of rotatable bonds is 7. The van der Waals surface area contributed by atoms with Gasteiger partial charge in [-0.1, -0.05) is 48.5 Å². The van der Waals surface area contributed by atoms with Gasteiger partial charge in [0.05, 0.1) is 0 Å². The van der Waals surface area contributed by atoms with E-state index in [-0.39, 0.29) is 5.78 Å². The maximum atomic E-state index is 12.6. The van der Waals surface area contributed by atoms with E-state index in [1.54, 1.807) is 6.07 Å². The average Bonchev–Trinajstić information content (AvgIpc) is 3.03. The van der Waals surface area contributed by atoms with Gasteiger partial charge in [0.2, 0.25) is 0 Å². The summed E-state index contributed by atoms with van der Waals surface area (Å²) in [5.74, 6) is -0.316. The molecule has 0 spiro atoms. The number of ether oxygens (including phenoxy) is 2. The Labute approximate surface area is 168 Å². The molecule has 5 nitrogen and oxygen atoms in total. The molecule has 3 aromatic carbocycles. The molecule has 3 aromatic rings. The first-order valence-electron chi connectivity index (χ1n) is 9.31. The van der Waals surface area contributed by atoms with Crippen molar-refractivity contribution in [1.82, 2.24) is 0 Å². The first kappa shape index (κ1) is 18.9. The molecule has 0 fully saturated rings. The second-order valence-corrected chi connectivity index (χ2v) is 6.95. The molecule has 0 aromatic heterocycles. The Kier molecular flexibility index (Phi) is 5.14. The molecule has 0 radical (unpaired) electrons. The molecule has 0 saturated carbocycles. The minimum atomic E-state index is -0.979. The molecule has 29 heavy (non-hydrogen) atoms. The second-order valence-electron chi connectivity index (χ2n) is 6.95. The first-order valence-corrected chi connectivity index (χ1v) is 9.31. The number of fused-ring (bicyclic) bond motifs is 3. The van der Waals surface area contributed by atoms with E-state index in [9.17, 15) is 9.59 Å². The molecule has 1 aliphatic rings. The quantitative estimate of drug-likeness (QED) is 0.516. The van der Waals surface area contributed by atoms with Gasteiger partial charge in [0.25, 0.3) is 0 Å². The lowest BCUT2D eigenvalue weighted by Gasteiger charge is -2.11. The Balaban J connectivity index is 1.43. The molecule has 0 heterocycles. The van der Waals surface area contributed by atoms with E-state index < -0.39 is 12.1 Å². The monoisotopic (exact) mass is 388 g/mol. The third-order valence-electron chi connectivity index (χ3n) is 5.11. The summed E-state index contributed by atoms with van der Waals surface area (Å²) in [5, 5.41) is 9.07. The molecule has 146 valence electrons. The Morgan fingerprint density at radius 2 is 1.55 bits per heavy atom. The summed E-state index contributed by atoms with van der Waals surface area (Å²) in [7, 11) is 1.39. The maximum absolute atomic E-state index is 12.6. The zero-order valence-electron chi connectivity index (χ0n) is 15.9. The summed E-state index contributed by atoms with van der Waals surface area (Å²) in [4.78, 5) is 23.7. The van der Waals surface area contributed by atoms with Crippen LogP contribution >= 0.6 is 0 Å². The molecule has 4 rings (SSSR count). The number of carbonyl (C=O) groups excluding carboxylic acids is 1. The third-order valence-corrected chi connectivity index (χ3v) is 5.11. The lowest BCUT2D eigenvalue weighted by molar-refractivity contribution is -0.148. The Bertz CT molecular complexity index is 1070. The van der Waals surface area contributed by atoms with E-state index in [1.807, 2.05) is 60.7 Å². The van der Waals surface area contributed by atoms with Gasteiger partial charge in [-0.2, -0.15) is 0 Å². The molecule has 0 saturated heterocycles. The van der Waals surface area contributed by atoms with Crippen molar-refractivity contribution in [2.45, 2.75) is 19.1 Å². The van der Waals surface area contributed by atoms with Crippen molar-refractivity contribution in [2.24, 2.45) is 0 Å². The molecule has 0 aliphatic heterocycles. The van der Waals surface area contributed by atoms with Crippen LogP contribution in [-0.2, 0) is 22.6 Å². The summed E-state index contributed by atoms with van der Waals surface area (Å²) in [6.07, 6.45) is -0.550. The summed E-state index contributed by atoms with van der Waals surface area (Å²) < 4.78 is 10.8. The number of methoxy groups -OCH3 is 1. The van der Waals surface area contributed by atoms with Crippen LogP contribution in [0.4, 0.5) is 0 Å². The van der Waals surface area contributed by atoms with E-state index >= 15 is 0 Å². The van der Waals surface area contributed by atoms with Crippen molar-refractivity contribution in [3.05, 3.63) is 89.0 Å². The third kappa shape index (κ3) is 3.77. The predicted octanol–water partition coefficient (Wildman–Crippen LogP) is 4.12. The smallest absolute Gasteiger partial charge is 0.333 e. The SMILES string of the molecule is CO[C@@H](Cc1ccc(COc2ccc3c(c2)C(=O)c2ccccc2-3)cc1)C(=O)O. The number of carbonyl (C=O) groups is 2. The van der Waals surface area contributed by atoms with Crippen molar-refractivity contribution in [2.75, 3.05) is 7.11 Å². The van der Waals surface area contributed by atoms with Crippen molar-refractivity contribution in [3.63, 3.8) is 0 Å². The zero-order valence-corrected chi connectivity index (χ0v) is 15.9. The fraction of sp³-hybridized carbons (Fsp3) is 0.167. The Morgan fingerprint density at radius 1 is 0.897 bits per heavy atom. The minimum absolute atomic E-state index is 0.0246. The highest BCUT2D eigenvalue weighted by molar-refractivity contribution is 6.21. The molecular weight excluding hydrogens is 368 g/mol. The minimum Gasteiger partial charge on any atom is -0.489 e. The Morgan fingerprint density at radius 3 is 2.24 bits per heavy atom. The number of aliphatic carboxylic acids is 1. The van der Waals surface area contributed by atoms with Crippen LogP contribution in [0.3, 0.4) is 0 Å². The van der Waals surface area contributed by atoms with Crippen molar-refractivity contribution >= 4 is 11.8 Å². The molecule has 1 aliphatic carbocycles. The molecule has 1 atom stereocenters. The van der Waals surface area contributed by atoms with E-state index in [2.05, 4.69) is 0 Å². The van der Waals surface area contributed by atoms with E-state index in [0.717, 1.165) is 27.8 Å². The van der Waals surface area contributed by atoms with Crippen LogP contribution < -0.4 is 4.74 Å². The van der Waals surface area contributed by atoms with Crippen LogP contribution in [0.5, 0.6) is 5.75 Å². The van der Waals surface area contributed by atoms with E-state index in [4.69, 9.17) is 14.6 Å². The number of hydrogen-bond donors (Lipinski definition) is 1. The lowest BCUT2D eigenvalue weighted by atomic mass is 10.1. The molecule has 0 bridgehead atoms. The number of hydrogen-bond acceptors (Lipinski definition) is 4. The topological polar surface area (TPSA) is 72.8 Å². The highest BCUT2D eigenvalue weighted by atomic mass is 16.5. The van der Waals surface area contributed by atoms with Crippen molar-refractivity contribution in [1.29, 1.82) is 0 Å². The standard InChI is InChI=1S/C24H20O5/c1-28-22(24(26)27)12-15-6-8-16(9-7-15)14-29-17-10-11-19-18-4-2-3-5-20(18)23(25)21(19)13-17/h2-11,13,22H,12,14H2,1H3,(H,26,27)/t22-/m0/s1. The van der Waals surface area contributed by atoms with Crippen LogP contribution in [0.2, 0.25) is 0 Å². The summed E-state index contributed by atoms with van der Waals surface area (Å²) >= 11 is 0. The van der Waals surface area contributed by atoms with E-state index in [1.165, 1.54) is 7.11 Å². The number of benzene rings is 3. The normalized spacial score (nSPS) is 12.9. The van der Waals surface area contributed by atoms with Gasteiger partial charge in [0.1, 0.15) is 12.4 Å². The van der Waals surface area contributed by atoms with Gasteiger partial charge in [-0.3, -0.25) is 4.79 Å². The molecular formula is C24H20O5. The van der Waals surface area contributed by atoms with Gasteiger partial charge < -0.3 is 14.6 Å². The fourth-order valence-electron chi connectivity index (χ4n) is 3.52. The predicted molar refractivity (Wildman–Crippen MR) is 108 cm³/mol. The summed E-state index contributed by atoms with van der Waals surface area (Å²) in [6, 6.07) is 20.7. The van der Waals surface area contributed by atoms with Gasteiger partial charge in [-0.25, -0.2) is 4.79 Å². The van der Waals surface area contributed by atoms with Gasteiger partial charge in [0, 0.05) is 24.7 Å². The molecule has 1 N–H and O–H groups in total. The van der Waals surface area contributed by atoms with Crippen LogP contribution in [-0.4, -0.2) is 30.1 Å². The van der Waals surface area contributed by atoms with Crippen LogP contribution in [0.15, 0.2) is 66.7 Å². The van der Waals surface area contributed by atoms with Gasteiger partial charge in [-0.15, -0.1) is 0 Å². The largest absolute Gasteiger partial charge is 0.489 e. The first-order chi connectivity index (χ1) is 14.1. The lowest BCUT2D eigenvalue weighted by Crippen LogP contribution is -2.24. The summed E-state index contributed by atoms with van der Waals surface area (Å²) in [5.41, 5.74) is 5.13. The highest BCUT2D eigenvalue weighted by Crippen LogP contribution is 2.38. The number of carboxylic acid groups (broad SMARTS) is 1. The average molecular weight is 388 g/mol.